The molecule has 0 heterocycles. The van der Waals surface area contributed by atoms with E-state index in [9.17, 15) is 13.2 Å². The second-order valence-electron chi connectivity index (χ2n) is 3.89. The molecule has 6 nitrogen and oxygen atoms in total. The lowest BCUT2D eigenvalue weighted by atomic mass is 10.3. The molecule has 2 N–H and O–H groups in total. The molecule has 0 unspecified atom stereocenters. The van der Waals surface area contributed by atoms with Gasteiger partial charge in [0.15, 0.2) is 0 Å². The van der Waals surface area contributed by atoms with Crippen molar-refractivity contribution < 1.29 is 17.9 Å². The van der Waals surface area contributed by atoms with Crippen molar-refractivity contribution in [3.05, 3.63) is 24.3 Å². The maximum absolute atomic E-state index is 11.6. The van der Waals surface area contributed by atoms with Crippen LogP contribution in [0, 0.1) is 0 Å². The van der Waals surface area contributed by atoms with E-state index in [0.29, 0.717) is 17.9 Å². The van der Waals surface area contributed by atoms with Crippen LogP contribution in [0.25, 0.3) is 0 Å². The van der Waals surface area contributed by atoms with Gasteiger partial charge in [0.2, 0.25) is 15.9 Å². The number of sulfonamides is 1. The molecule has 0 bridgehead atoms. The molecule has 0 spiro atoms. The SMILES string of the molecule is CCCS(=O)(=O)NCC(=O)Nc1ccccc1OC. The molecule has 7 heteroatoms. The van der Waals surface area contributed by atoms with Crippen molar-refractivity contribution >= 4 is 21.6 Å². The van der Waals surface area contributed by atoms with Crippen molar-refractivity contribution in [3.63, 3.8) is 0 Å². The van der Waals surface area contributed by atoms with Crippen LogP contribution in [0.5, 0.6) is 5.75 Å². The van der Waals surface area contributed by atoms with Crippen LogP contribution in [-0.2, 0) is 14.8 Å². The quantitative estimate of drug-likeness (QED) is 0.782. The fraction of sp³-hybridized carbons (Fsp3) is 0.417. The van der Waals surface area contributed by atoms with Crippen LogP contribution in [0.4, 0.5) is 5.69 Å². The average molecular weight is 286 g/mol. The minimum atomic E-state index is -3.38. The van der Waals surface area contributed by atoms with Crippen LogP contribution >= 0.6 is 0 Å². The second-order valence-corrected chi connectivity index (χ2v) is 5.81. The van der Waals surface area contributed by atoms with E-state index in [-0.39, 0.29) is 12.3 Å². The highest BCUT2D eigenvalue weighted by atomic mass is 32.2. The van der Waals surface area contributed by atoms with Gasteiger partial charge in [-0.15, -0.1) is 0 Å². The van der Waals surface area contributed by atoms with Gasteiger partial charge in [-0.2, -0.15) is 0 Å². The molecule has 0 aliphatic carbocycles. The third-order valence-corrected chi connectivity index (χ3v) is 3.84. The summed E-state index contributed by atoms with van der Waals surface area (Å²) in [6.07, 6.45) is 0.503. The molecule has 1 rings (SSSR count). The van der Waals surface area contributed by atoms with E-state index in [1.807, 2.05) is 0 Å². The number of para-hydroxylation sites is 2. The van der Waals surface area contributed by atoms with Crippen molar-refractivity contribution in [2.45, 2.75) is 13.3 Å². The first-order chi connectivity index (χ1) is 8.98. The van der Waals surface area contributed by atoms with Gasteiger partial charge in [-0.3, -0.25) is 4.79 Å². The van der Waals surface area contributed by atoms with Gasteiger partial charge in [-0.25, -0.2) is 13.1 Å². The second kappa shape index (κ2) is 7.10. The smallest absolute Gasteiger partial charge is 0.239 e. The fourth-order valence-corrected chi connectivity index (χ4v) is 2.49. The first-order valence-electron chi connectivity index (χ1n) is 5.88. The zero-order valence-electron chi connectivity index (χ0n) is 11.0. The maximum atomic E-state index is 11.6. The summed E-state index contributed by atoms with van der Waals surface area (Å²) in [5.41, 5.74) is 0.504. The first-order valence-corrected chi connectivity index (χ1v) is 7.54. The number of rotatable bonds is 7. The molecule has 19 heavy (non-hydrogen) atoms. The Kier molecular flexibility index (Phi) is 5.78. The highest BCUT2D eigenvalue weighted by molar-refractivity contribution is 7.89. The summed E-state index contributed by atoms with van der Waals surface area (Å²) in [4.78, 5) is 11.6. The number of hydrogen-bond acceptors (Lipinski definition) is 4. The summed E-state index contributed by atoms with van der Waals surface area (Å²) in [7, 11) is -1.88. The van der Waals surface area contributed by atoms with E-state index in [1.165, 1.54) is 7.11 Å². The Bertz CT molecular complexity index is 528. The van der Waals surface area contributed by atoms with Crippen LogP contribution in [0.15, 0.2) is 24.3 Å². The topological polar surface area (TPSA) is 84.5 Å². The predicted molar refractivity (Wildman–Crippen MR) is 73.7 cm³/mol. The maximum Gasteiger partial charge on any atom is 0.239 e. The molecule has 106 valence electrons. The Balaban J connectivity index is 2.56. The number of amides is 1. The summed E-state index contributed by atoms with van der Waals surface area (Å²) in [6.45, 7) is 1.47. The number of hydrogen-bond donors (Lipinski definition) is 2. The summed E-state index contributed by atoms with van der Waals surface area (Å²) in [5.74, 6) is 0.0889. The van der Waals surface area contributed by atoms with Gasteiger partial charge in [0.1, 0.15) is 5.75 Å². The Morgan fingerprint density at radius 1 is 1.32 bits per heavy atom. The fourth-order valence-electron chi connectivity index (χ4n) is 1.46. The third-order valence-electron chi connectivity index (χ3n) is 2.31. The number of nitrogens with one attached hydrogen (secondary N) is 2. The van der Waals surface area contributed by atoms with Crippen LogP contribution < -0.4 is 14.8 Å². The third kappa shape index (κ3) is 5.27. The van der Waals surface area contributed by atoms with Gasteiger partial charge in [-0.05, 0) is 18.6 Å². The molecule has 0 aliphatic heterocycles. The summed E-state index contributed by atoms with van der Waals surface area (Å²) < 4.78 is 30.1. The first kappa shape index (κ1) is 15.5. The molecule has 0 aromatic heterocycles. The lowest BCUT2D eigenvalue weighted by Gasteiger charge is -2.10. The average Bonchev–Trinajstić information content (AvgIpc) is 2.37. The lowest BCUT2D eigenvalue weighted by Crippen LogP contribution is -2.34. The van der Waals surface area contributed by atoms with Crippen molar-refractivity contribution in [2.24, 2.45) is 0 Å². The van der Waals surface area contributed by atoms with Gasteiger partial charge in [0.05, 0.1) is 25.1 Å². The summed E-state index contributed by atoms with van der Waals surface area (Å²) in [6, 6.07) is 6.91. The number of methoxy groups -OCH3 is 1. The van der Waals surface area contributed by atoms with Gasteiger partial charge in [0.25, 0.3) is 0 Å². The number of carbonyl (C=O) groups excluding carboxylic acids is 1. The number of anilines is 1. The Morgan fingerprint density at radius 2 is 2.00 bits per heavy atom. The van der Waals surface area contributed by atoms with Gasteiger partial charge in [0, 0.05) is 0 Å². The highest BCUT2D eigenvalue weighted by Crippen LogP contribution is 2.22. The van der Waals surface area contributed by atoms with Crippen molar-refractivity contribution in [3.8, 4) is 5.75 Å². The minimum Gasteiger partial charge on any atom is -0.495 e. The van der Waals surface area contributed by atoms with E-state index in [2.05, 4.69) is 10.0 Å². The molecule has 0 radical (unpaired) electrons. The molecule has 0 aliphatic rings. The van der Waals surface area contributed by atoms with Gasteiger partial charge < -0.3 is 10.1 Å². The van der Waals surface area contributed by atoms with Crippen molar-refractivity contribution in [2.75, 3.05) is 24.7 Å². The number of ether oxygens (including phenoxy) is 1. The van der Waals surface area contributed by atoms with E-state index >= 15 is 0 Å². The van der Waals surface area contributed by atoms with Crippen molar-refractivity contribution in [1.29, 1.82) is 0 Å². The Hall–Kier alpha value is -1.60. The predicted octanol–water partition coefficient (Wildman–Crippen LogP) is 0.963. The lowest BCUT2D eigenvalue weighted by molar-refractivity contribution is -0.115. The molecular weight excluding hydrogens is 268 g/mol. The zero-order chi connectivity index (χ0) is 14.3. The van der Waals surface area contributed by atoms with E-state index in [0.717, 1.165) is 0 Å². The number of carbonyl (C=O) groups is 1. The van der Waals surface area contributed by atoms with Gasteiger partial charge >= 0.3 is 0 Å². The molecular formula is C12H18N2O4S. The van der Waals surface area contributed by atoms with Crippen LogP contribution in [0.3, 0.4) is 0 Å². The molecule has 0 saturated carbocycles. The zero-order valence-corrected chi connectivity index (χ0v) is 11.8. The van der Waals surface area contributed by atoms with E-state index in [4.69, 9.17) is 4.74 Å². The van der Waals surface area contributed by atoms with Crippen molar-refractivity contribution in [1.82, 2.24) is 4.72 Å². The van der Waals surface area contributed by atoms with Gasteiger partial charge in [-0.1, -0.05) is 19.1 Å². The minimum absolute atomic E-state index is 0.00887. The molecule has 1 aromatic carbocycles. The summed E-state index contributed by atoms with van der Waals surface area (Å²) in [5, 5.41) is 2.59. The number of benzene rings is 1. The van der Waals surface area contributed by atoms with Crippen LogP contribution in [0.1, 0.15) is 13.3 Å². The molecule has 1 amide bonds. The highest BCUT2D eigenvalue weighted by Gasteiger charge is 2.12. The van der Waals surface area contributed by atoms with E-state index in [1.54, 1.807) is 31.2 Å². The van der Waals surface area contributed by atoms with E-state index < -0.39 is 15.9 Å². The molecule has 0 saturated heterocycles. The summed E-state index contributed by atoms with van der Waals surface area (Å²) >= 11 is 0. The monoisotopic (exact) mass is 286 g/mol. The molecule has 1 aromatic rings. The Morgan fingerprint density at radius 3 is 2.63 bits per heavy atom. The van der Waals surface area contributed by atoms with Crippen LogP contribution in [0.2, 0.25) is 0 Å². The Labute approximate surface area is 113 Å². The van der Waals surface area contributed by atoms with Crippen LogP contribution in [-0.4, -0.2) is 33.7 Å². The largest absolute Gasteiger partial charge is 0.495 e. The molecule has 0 atom stereocenters. The molecule has 0 fully saturated rings. The normalized spacial score (nSPS) is 11.1. The standard InChI is InChI=1S/C12H18N2O4S/c1-3-8-19(16,17)13-9-12(15)14-10-6-4-5-7-11(10)18-2/h4-7,13H,3,8-9H2,1-2H3,(H,14,15).